The fourth-order valence-corrected chi connectivity index (χ4v) is 2.54. The maximum absolute atomic E-state index is 13.4. The van der Waals surface area contributed by atoms with Crippen LogP contribution in [0.4, 0.5) is 10.3 Å². The summed E-state index contributed by atoms with van der Waals surface area (Å²) in [5, 5.41) is 4.00. The van der Waals surface area contributed by atoms with E-state index in [1.54, 1.807) is 12.1 Å². The first-order chi connectivity index (χ1) is 9.66. The van der Waals surface area contributed by atoms with Gasteiger partial charge in [-0.15, -0.1) is 0 Å². The lowest BCUT2D eigenvalue weighted by Crippen LogP contribution is -1.89. The minimum atomic E-state index is -0.332. The average Bonchev–Trinajstić information content (AvgIpc) is 2.81. The molecule has 5 heteroatoms. The molecule has 2 aromatic carbocycles. The molecule has 3 rings (SSSR count). The summed E-state index contributed by atoms with van der Waals surface area (Å²) >= 11 is 3.47. The lowest BCUT2D eigenvalue weighted by Gasteiger charge is -2.04. The van der Waals surface area contributed by atoms with E-state index in [9.17, 15) is 4.39 Å². The summed E-state index contributed by atoms with van der Waals surface area (Å²) in [7, 11) is 0. The summed E-state index contributed by atoms with van der Waals surface area (Å²) < 4.78 is 19.4. The standard InChI is InChI=1S/C15H10BrFN2O/c16-12-7-2-1-6-11(12)14-13(15(18)20-19-14)9-4-3-5-10(17)8-9/h1-8H,18H2. The van der Waals surface area contributed by atoms with E-state index in [0.29, 0.717) is 16.8 Å². The van der Waals surface area contributed by atoms with E-state index >= 15 is 0 Å². The smallest absolute Gasteiger partial charge is 0.230 e. The lowest BCUT2D eigenvalue weighted by atomic mass is 10.0. The van der Waals surface area contributed by atoms with Crippen LogP contribution < -0.4 is 5.73 Å². The van der Waals surface area contributed by atoms with Crippen molar-refractivity contribution in [3.8, 4) is 22.4 Å². The van der Waals surface area contributed by atoms with Crippen molar-refractivity contribution in [2.75, 3.05) is 5.73 Å². The zero-order chi connectivity index (χ0) is 14.1. The van der Waals surface area contributed by atoms with Gasteiger partial charge in [-0.2, -0.15) is 0 Å². The Bertz CT molecular complexity index is 770. The van der Waals surface area contributed by atoms with Crippen molar-refractivity contribution in [2.24, 2.45) is 0 Å². The van der Waals surface area contributed by atoms with Crippen LogP contribution in [-0.4, -0.2) is 5.16 Å². The molecular formula is C15H10BrFN2O. The molecule has 1 heterocycles. The Labute approximate surface area is 123 Å². The summed E-state index contributed by atoms with van der Waals surface area (Å²) in [4.78, 5) is 0. The lowest BCUT2D eigenvalue weighted by molar-refractivity contribution is 0.439. The van der Waals surface area contributed by atoms with Crippen LogP contribution in [0.1, 0.15) is 0 Å². The van der Waals surface area contributed by atoms with Crippen molar-refractivity contribution < 1.29 is 8.91 Å². The number of hydrogen-bond acceptors (Lipinski definition) is 3. The van der Waals surface area contributed by atoms with Crippen molar-refractivity contribution >= 4 is 21.8 Å². The largest absolute Gasteiger partial charge is 0.367 e. The number of aromatic nitrogens is 1. The van der Waals surface area contributed by atoms with Gasteiger partial charge in [0.2, 0.25) is 5.88 Å². The quantitative estimate of drug-likeness (QED) is 0.752. The number of hydrogen-bond donors (Lipinski definition) is 1. The van der Waals surface area contributed by atoms with Crippen molar-refractivity contribution in [2.45, 2.75) is 0 Å². The summed E-state index contributed by atoms with van der Waals surface area (Å²) in [5.41, 5.74) is 8.50. The van der Waals surface area contributed by atoms with Crippen molar-refractivity contribution in [1.82, 2.24) is 5.16 Å². The first kappa shape index (κ1) is 12.9. The minimum absolute atomic E-state index is 0.168. The number of halogens is 2. The predicted molar refractivity (Wildman–Crippen MR) is 79.4 cm³/mol. The van der Waals surface area contributed by atoms with E-state index in [2.05, 4.69) is 21.1 Å². The molecule has 0 aliphatic carbocycles. The molecule has 0 fully saturated rings. The predicted octanol–water partition coefficient (Wildman–Crippen LogP) is 4.49. The van der Waals surface area contributed by atoms with Gasteiger partial charge >= 0.3 is 0 Å². The first-order valence-electron chi connectivity index (χ1n) is 5.93. The van der Waals surface area contributed by atoms with Crippen LogP contribution in [0.5, 0.6) is 0 Å². The second-order valence-electron chi connectivity index (χ2n) is 4.26. The summed E-state index contributed by atoms with van der Waals surface area (Å²) in [6, 6.07) is 13.8. The summed E-state index contributed by atoms with van der Waals surface area (Å²) in [6.07, 6.45) is 0. The SMILES string of the molecule is Nc1onc(-c2ccccc2Br)c1-c1cccc(F)c1. The Morgan fingerprint density at radius 3 is 2.65 bits per heavy atom. The molecule has 20 heavy (non-hydrogen) atoms. The highest BCUT2D eigenvalue weighted by molar-refractivity contribution is 9.10. The number of nitrogens with zero attached hydrogens (tertiary/aromatic N) is 1. The van der Waals surface area contributed by atoms with Gasteiger partial charge in [-0.3, -0.25) is 0 Å². The molecule has 0 saturated heterocycles. The molecule has 1 aromatic heterocycles. The Balaban J connectivity index is 2.23. The topological polar surface area (TPSA) is 52.0 Å². The fraction of sp³-hybridized carbons (Fsp3) is 0. The Hall–Kier alpha value is -2.14. The van der Waals surface area contributed by atoms with Gasteiger partial charge in [0.1, 0.15) is 11.5 Å². The van der Waals surface area contributed by atoms with Gasteiger partial charge in [-0.25, -0.2) is 4.39 Å². The molecule has 3 aromatic rings. The van der Waals surface area contributed by atoms with E-state index < -0.39 is 0 Å². The molecule has 3 nitrogen and oxygen atoms in total. The molecule has 100 valence electrons. The molecule has 2 N–H and O–H groups in total. The van der Waals surface area contributed by atoms with Crippen LogP contribution in [0.25, 0.3) is 22.4 Å². The van der Waals surface area contributed by atoms with Gasteiger partial charge in [0.25, 0.3) is 0 Å². The summed E-state index contributed by atoms with van der Waals surface area (Å²) in [5.74, 6) is -0.164. The molecule has 0 amide bonds. The zero-order valence-corrected chi connectivity index (χ0v) is 11.9. The zero-order valence-electron chi connectivity index (χ0n) is 10.3. The normalized spacial score (nSPS) is 10.7. The molecule has 0 atom stereocenters. The third kappa shape index (κ3) is 2.20. The van der Waals surface area contributed by atoms with Crippen LogP contribution in [-0.2, 0) is 0 Å². The van der Waals surface area contributed by atoms with Gasteiger partial charge in [0.05, 0.1) is 5.56 Å². The third-order valence-corrected chi connectivity index (χ3v) is 3.65. The van der Waals surface area contributed by atoms with E-state index in [-0.39, 0.29) is 11.7 Å². The highest BCUT2D eigenvalue weighted by Crippen LogP contribution is 2.38. The Morgan fingerprint density at radius 1 is 1.10 bits per heavy atom. The van der Waals surface area contributed by atoms with Gasteiger partial charge in [-0.1, -0.05) is 51.4 Å². The second-order valence-corrected chi connectivity index (χ2v) is 5.11. The maximum atomic E-state index is 13.4. The number of anilines is 1. The van der Waals surface area contributed by atoms with Crippen molar-refractivity contribution in [1.29, 1.82) is 0 Å². The molecule has 0 bridgehead atoms. The molecule has 0 radical (unpaired) electrons. The molecule has 0 aliphatic heterocycles. The van der Waals surface area contributed by atoms with Crippen molar-refractivity contribution in [3.05, 3.63) is 58.8 Å². The molecule has 0 spiro atoms. The molecule has 0 unspecified atom stereocenters. The molecule has 0 saturated carbocycles. The van der Waals surface area contributed by atoms with Crippen LogP contribution in [0.15, 0.2) is 57.5 Å². The van der Waals surface area contributed by atoms with E-state index in [4.69, 9.17) is 10.3 Å². The highest BCUT2D eigenvalue weighted by Gasteiger charge is 2.19. The third-order valence-electron chi connectivity index (χ3n) is 2.96. The number of nitrogen functional groups attached to an aromatic ring is 1. The number of rotatable bonds is 2. The van der Waals surface area contributed by atoms with E-state index in [0.717, 1.165) is 10.0 Å². The van der Waals surface area contributed by atoms with Gasteiger partial charge in [0.15, 0.2) is 0 Å². The number of benzene rings is 2. The monoisotopic (exact) mass is 332 g/mol. The first-order valence-corrected chi connectivity index (χ1v) is 6.72. The number of nitrogens with two attached hydrogens (primary N) is 1. The maximum Gasteiger partial charge on any atom is 0.230 e. The molecule has 0 aliphatic rings. The Morgan fingerprint density at radius 2 is 1.90 bits per heavy atom. The van der Waals surface area contributed by atoms with Gasteiger partial charge < -0.3 is 10.3 Å². The van der Waals surface area contributed by atoms with Gasteiger partial charge in [-0.05, 0) is 23.8 Å². The van der Waals surface area contributed by atoms with Crippen molar-refractivity contribution in [3.63, 3.8) is 0 Å². The van der Waals surface area contributed by atoms with Crippen LogP contribution in [0.3, 0.4) is 0 Å². The minimum Gasteiger partial charge on any atom is -0.367 e. The van der Waals surface area contributed by atoms with E-state index in [1.165, 1.54) is 12.1 Å². The fourth-order valence-electron chi connectivity index (χ4n) is 2.06. The van der Waals surface area contributed by atoms with Crippen LogP contribution in [0, 0.1) is 5.82 Å². The highest BCUT2D eigenvalue weighted by atomic mass is 79.9. The van der Waals surface area contributed by atoms with Crippen LogP contribution in [0.2, 0.25) is 0 Å². The average molecular weight is 333 g/mol. The second kappa shape index (κ2) is 5.09. The Kier molecular flexibility index (Phi) is 3.28. The van der Waals surface area contributed by atoms with Crippen LogP contribution >= 0.6 is 15.9 Å². The molecular weight excluding hydrogens is 323 g/mol. The van der Waals surface area contributed by atoms with E-state index in [1.807, 2.05) is 24.3 Å². The van der Waals surface area contributed by atoms with Gasteiger partial charge in [0, 0.05) is 10.0 Å². The summed E-state index contributed by atoms with van der Waals surface area (Å²) in [6.45, 7) is 0.